The van der Waals surface area contributed by atoms with E-state index < -0.39 is 0 Å². The highest BCUT2D eigenvalue weighted by molar-refractivity contribution is 5.52. The number of anilines is 1. The maximum Gasteiger partial charge on any atom is 0.0438 e. The van der Waals surface area contributed by atoms with Crippen LogP contribution in [0.2, 0.25) is 0 Å². The third-order valence-corrected chi connectivity index (χ3v) is 2.80. The molecule has 2 aromatic rings. The smallest absolute Gasteiger partial charge is 0.0438 e. The minimum atomic E-state index is 0.511. The lowest BCUT2D eigenvalue weighted by atomic mass is 10.1. The number of benzene rings is 1. The van der Waals surface area contributed by atoms with Gasteiger partial charge in [-0.3, -0.25) is 4.98 Å². The Morgan fingerprint density at radius 1 is 1.18 bits per heavy atom. The zero-order valence-corrected chi connectivity index (χ0v) is 9.98. The van der Waals surface area contributed by atoms with E-state index in [9.17, 15) is 0 Å². The molecule has 2 rings (SSSR count). The molecule has 0 amide bonds. The summed E-state index contributed by atoms with van der Waals surface area (Å²) in [6.07, 6.45) is 1.81. The Labute approximate surface area is 102 Å². The molecule has 0 aliphatic rings. The minimum Gasteiger partial charge on any atom is -0.381 e. The highest BCUT2D eigenvalue weighted by atomic mass is 14.9. The average molecular weight is 227 g/mol. The molecule has 3 nitrogen and oxygen atoms in total. The first-order chi connectivity index (χ1) is 8.31. The molecule has 0 aliphatic carbocycles. The van der Waals surface area contributed by atoms with E-state index in [1.165, 1.54) is 5.56 Å². The van der Waals surface area contributed by atoms with Gasteiger partial charge in [0.2, 0.25) is 0 Å². The topological polar surface area (TPSA) is 50.9 Å². The predicted molar refractivity (Wildman–Crippen MR) is 70.6 cm³/mol. The normalized spacial score (nSPS) is 10.2. The standard InChI is InChI=1S/C14H17N3/c1-11-13(9-15)14(7-8-16-11)17-10-12-5-3-2-4-6-12/h2-8H,9-10,15H2,1H3,(H,16,17). The number of aryl methyl sites for hydroxylation is 1. The molecule has 0 atom stereocenters. The first-order valence-corrected chi connectivity index (χ1v) is 5.73. The Balaban J connectivity index is 2.12. The van der Waals surface area contributed by atoms with Gasteiger partial charge in [0.25, 0.3) is 0 Å². The first-order valence-electron chi connectivity index (χ1n) is 5.73. The molecule has 1 aromatic carbocycles. The first kappa shape index (κ1) is 11.6. The molecule has 3 N–H and O–H groups in total. The van der Waals surface area contributed by atoms with Gasteiger partial charge >= 0.3 is 0 Å². The van der Waals surface area contributed by atoms with Crippen LogP contribution in [0.5, 0.6) is 0 Å². The van der Waals surface area contributed by atoms with E-state index in [-0.39, 0.29) is 0 Å². The zero-order valence-electron chi connectivity index (χ0n) is 9.98. The van der Waals surface area contributed by atoms with Crippen molar-refractivity contribution in [2.45, 2.75) is 20.0 Å². The monoisotopic (exact) mass is 227 g/mol. The molecule has 0 saturated carbocycles. The Bertz CT molecular complexity index is 480. The second-order valence-corrected chi connectivity index (χ2v) is 3.97. The number of nitrogens with zero attached hydrogens (tertiary/aromatic N) is 1. The van der Waals surface area contributed by atoms with Crippen molar-refractivity contribution in [3.05, 3.63) is 59.4 Å². The number of pyridine rings is 1. The van der Waals surface area contributed by atoms with E-state index >= 15 is 0 Å². The summed E-state index contributed by atoms with van der Waals surface area (Å²) in [5.74, 6) is 0. The van der Waals surface area contributed by atoms with Gasteiger partial charge in [-0.25, -0.2) is 0 Å². The highest BCUT2D eigenvalue weighted by Crippen LogP contribution is 2.17. The lowest BCUT2D eigenvalue weighted by molar-refractivity contribution is 0.996. The average Bonchev–Trinajstić information content (AvgIpc) is 2.37. The zero-order chi connectivity index (χ0) is 12.1. The summed E-state index contributed by atoms with van der Waals surface area (Å²) in [5.41, 5.74) is 10.1. The molecule has 1 heterocycles. The number of nitrogens with one attached hydrogen (secondary N) is 1. The van der Waals surface area contributed by atoms with Gasteiger partial charge in [0.1, 0.15) is 0 Å². The van der Waals surface area contributed by atoms with Crippen LogP contribution in [0.1, 0.15) is 16.8 Å². The summed E-state index contributed by atoms with van der Waals surface area (Å²) < 4.78 is 0. The third kappa shape index (κ3) is 2.82. The molecule has 0 spiro atoms. The lowest BCUT2D eigenvalue weighted by Crippen LogP contribution is -2.08. The van der Waals surface area contributed by atoms with Crippen molar-refractivity contribution >= 4 is 5.69 Å². The molecule has 0 aliphatic heterocycles. The second kappa shape index (κ2) is 5.46. The molecule has 0 bridgehead atoms. The van der Waals surface area contributed by atoms with Gasteiger partial charge in [0, 0.05) is 36.2 Å². The summed E-state index contributed by atoms with van der Waals surface area (Å²) in [5, 5.41) is 3.40. The fraction of sp³-hybridized carbons (Fsp3) is 0.214. The van der Waals surface area contributed by atoms with E-state index in [2.05, 4.69) is 22.4 Å². The molecular weight excluding hydrogens is 210 g/mol. The van der Waals surface area contributed by atoms with Crippen LogP contribution in [0.3, 0.4) is 0 Å². The molecule has 0 saturated heterocycles. The fourth-order valence-electron chi connectivity index (χ4n) is 1.81. The molecule has 0 fully saturated rings. The van der Waals surface area contributed by atoms with Crippen LogP contribution in [0.4, 0.5) is 5.69 Å². The number of aromatic nitrogens is 1. The van der Waals surface area contributed by atoms with E-state index in [1.807, 2.05) is 37.4 Å². The van der Waals surface area contributed by atoms with Crippen molar-refractivity contribution in [2.75, 3.05) is 5.32 Å². The van der Waals surface area contributed by atoms with Gasteiger partial charge in [0.05, 0.1) is 0 Å². The van der Waals surface area contributed by atoms with Crippen molar-refractivity contribution in [3.8, 4) is 0 Å². The van der Waals surface area contributed by atoms with Crippen LogP contribution in [0.15, 0.2) is 42.6 Å². The molecule has 0 unspecified atom stereocenters. The quantitative estimate of drug-likeness (QED) is 0.843. The molecule has 1 aromatic heterocycles. The summed E-state index contributed by atoms with van der Waals surface area (Å²) in [7, 11) is 0. The Hall–Kier alpha value is -1.87. The number of rotatable bonds is 4. The van der Waals surface area contributed by atoms with Crippen LogP contribution in [0.25, 0.3) is 0 Å². The summed E-state index contributed by atoms with van der Waals surface area (Å²) in [6.45, 7) is 3.30. The SMILES string of the molecule is Cc1nccc(NCc2ccccc2)c1CN. The summed E-state index contributed by atoms with van der Waals surface area (Å²) in [6, 6.07) is 12.3. The molecule has 17 heavy (non-hydrogen) atoms. The fourth-order valence-corrected chi connectivity index (χ4v) is 1.81. The van der Waals surface area contributed by atoms with Crippen molar-refractivity contribution in [3.63, 3.8) is 0 Å². The minimum absolute atomic E-state index is 0.511. The van der Waals surface area contributed by atoms with Gasteiger partial charge in [-0.2, -0.15) is 0 Å². The van der Waals surface area contributed by atoms with Gasteiger partial charge < -0.3 is 11.1 Å². The van der Waals surface area contributed by atoms with Gasteiger partial charge in [-0.05, 0) is 18.6 Å². The van der Waals surface area contributed by atoms with Gasteiger partial charge in [0.15, 0.2) is 0 Å². The Morgan fingerprint density at radius 3 is 2.65 bits per heavy atom. The van der Waals surface area contributed by atoms with E-state index in [0.29, 0.717) is 6.54 Å². The summed E-state index contributed by atoms with van der Waals surface area (Å²) in [4.78, 5) is 4.25. The molecule has 88 valence electrons. The maximum absolute atomic E-state index is 5.74. The van der Waals surface area contributed by atoms with E-state index in [4.69, 9.17) is 5.73 Å². The highest BCUT2D eigenvalue weighted by Gasteiger charge is 2.04. The maximum atomic E-state index is 5.74. The second-order valence-electron chi connectivity index (χ2n) is 3.97. The van der Waals surface area contributed by atoms with Gasteiger partial charge in [-0.15, -0.1) is 0 Å². The van der Waals surface area contributed by atoms with Crippen LogP contribution in [-0.4, -0.2) is 4.98 Å². The Kier molecular flexibility index (Phi) is 3.73. The van der Waals surface area contributed by atoms with Crippen LogP contribution in [0, 0.1) is 6.92 Å². The van der Waals surface area contributed by atoms with Crippen LogP contribution < -0.4 is 11.1 Å². The summed E-state index contributed by atoms with van der Waals surface area (Å²) >= 11 is 0. The number of hydrogen-bond donors (Lipinski definition) is 2. The largest absolute Gasteiger partial charge is 0.381 e. The number of nitrogens with two attached hydrogens (primary N) is 1. The van der Waals surface area contributed by atoms with Crippen LogP contribution >= 0.6 is 0 Å². The van der Waals surface area contributed by atoms with Crippen molar-refractivity contribution in [2.24, 2.45) is 5.73 Å². The number of hydrogen-bond acceptors (Lipinski definition) is 3. The predicted octanol–water partition coefficient (Wildman–Crippen LogP) is 2.46. The van der Waals surface area contributed by atoms with Crippen molar-refractivity contribution in [1.29, 1.82) is 0 Å². The van der Waals surface area contributed by atoms with Gasteiger partial charge in [-0.1, -0.05) is 30.3 Å². The van der Waals surface area contributed by atoms with E-state index in [0.717, 1.165) is 23.5 Å². The van der Waals surface area contributed by atoms with Crippen molar-refractivity contribution < 1.29 is 0 Å². The van der Waals surface area contributed by atoms with Crippen LogP contribution in [-0.2, 0) is 13.1 Å². The molecule has 3 heteroatoms. The van der Waals surface area contributed by atoms with E-state index in [1.54, 1.807) is 0 Å². The molecule has 0 radical (unpaired) electrons. The van der Waals surface area contributed by atoms with Crippen molar-refractivity contribution in [1.82, 2.24) is 4.98 Å². The molecular formula is C14H17N3. The third-order valence-electron chi connectivity index (χ3n) is 2.80. The Morgan fingerprint density at radius 2 is 1.94 bits per heavy atom. The lowest BCUT2D eigenvalue weighted by Gasteiger charge is -2.12.